The topological polar surface area (TPSA) is 75.2 Å². The van der Waals surface area contributed by atoms with E-state index in [4.69, 9.17) is 23.7 Å². The Morgan fingerprint density at radius 3 is 1.96 bits per heavy atom. The second kappa shape index (κ2) is 14.3. The standard InChI is InChI=1S/C18H27NO6/c1-3-21-8-9-22-10-11-23-12-13-24-14-15-25-18-6-4-17(5-7-18)19-16(2)20/h3-7H,1,8-15H2,2H3,(H,19,20). The molecule has 0 spiro atoms. The fourth-order valence-corrected chi connectivity index (χ4v) is 1.79. The number of carbonyl (C=O) groups is 1. The van der Waals surface area contributed by atoms with Gasteiger partial charge in [-0.25, -0.2) is 0 Å². The number of anilines is 1. The summed E-state index contributed by atoms with van der Waals surface area (Å²) >= 11 is 0. The third-order valence-corrected chi connectivity index (χ3v) is 2.88. The molecule has 0 heterocycles. The van der Waals surface area contributed by atoms with Crippen molar-refractivity contribution in [1.29, 1.82) is 0 Å². The largest absolute Gasteiger partial charge is 0.499 e. The Labute approximate surface area is 148 Å². The van der Waals surface area contributed by atoms with Crippen molar-refractivity contribution in [3.05, 3.63) is 37.1 Å². The molecule has 0 atom stereocenters. The van der Waals surface area contributed by atoms with E-state index in [0.29, 0.717) is 52.9 Å². The predicted molar refractivity (Wildman–Crippen MR) is 94.8 cm³/mol. The van der Waals surface area contributed by atoms with Crippen LogP contribution in [-0.2, 0) is 23.7 Å². The first kappa shape index (κ1) is 21.0. The second-order valence-electron chi connectivity index (χ2n) is 4.93. The molecule has 0 aliphatic carbocycles. The summed E-state index contributed by atoms with van der Waals surface area (Å²) in [5.41, 5.74) is 0.741. The van der Waals surface area contributed by atoms with Gasteiger partial charge in [0.2, 0.25) is 5.91 Å². The van der Waals surface area contributed by atoms with Gasteiger partial charge in [0.15, 0.2) is 0 Å². The molecule has 0 aromatic heterocycles. The van der Waals surface area contributed by atoms with Crippen molar-refractivity contribution in [3.8, 4) is 5.75 Å². The minimum absolute atomic E-state index is 0.0995. The Bertz CT molecular complexity index is 477. The number of rotatable bonds is 15. The molecule has 1 amide bonds. The van der Waals surface area contributed by atoms with Crippen LogP contribution in [0, 0.1) is 0 Å². The van der Waals surface area contributed by atoms with E-state index in [2.05, 4.69) is 11.9 Å². The van der Waals surface area contributed by atoms with Crippen LogP contribution in [0.4, 0.5) is 5.69 Å². The van der Waals surface area contributed by atoms with Crippen LogP contribution >= 0.6 is 0 Å². The third-order valence-electron chi connectivity index (χ3n) is 2.88. The summed E-state index contributed by atoms with van der Waals surface area (Å²) in [6.45, 7) is 8.93. The van der Waals surface area contributed by atoms with E-state index in [1.54, 1.807) is 24.3 Å². The predicted octanol–water partition coefficient (Wildman–Crippen LogP) is 2.23. The van der Waals surface area contributed by atoms with Crippen LogP contribution in [0.15, 0.2) is 37.1 Å². The molecule has 1 N–H and O–H groups in total. The molecule has 140 valence electrons. The van der Waals surface area contributed by atoms with E-state index in [9.17, 15) is 4.79 Å². The SMILES string of the molecule is C=COCCOCCOCCOCCOc1ccc(NC(C)=O)cc1. The Hall–Kier alpha value is -2.09. The lowest BCUT2D eigenvalue weighted by Crippen LogP contribution is -2.13. The summed E-state index contributed by atoms with van der Waals surface area (Å²) in [6.07, 6.45) is 1.39. The van der Waals surface area contributed by atoms with Crippen molar-refractivity contribution < 1.29 is 28.5 Å². The van der Waals surface area contributed by atoms with Gasteiger partial charge in [0.05, 0.1) is 45.9 Å². The van der Waals surface area contributed by atoms with Crippen molar-refractivity contribution >= 4 is 11.6 Å². The van der Waals surface area contributed by atoms with Crippen molar-refractivity contribution in [2.45, 2.75) is 6.92 Å². The normalized spacial score (nSPS) is 10.3. The summed E-state index contributed by atoms with van der Waals surface area (Å²) in [5.74, 6) is 0.629. The van der Waals surface area contributed by atoms with Gasteiger partial charge in [-0.1, -0.05) is 6.58 Å². The van der Waals surface area contributed by atoms with Crippen molar-refractivity contribution in [2.75, 3.05) is 58.2 Å². The highest BCUT2D eigenvalue weighted by Gasteiger charge is 1.97. The van der Waals surface area contributed by atoms with Gasteiger partial charge < -0.3 is 29.0 Å². The molecule has 1 aromatic carbocycles. The van der Waals surface area contributed by atoms with Gasteiger partial charge in [-0.15, -0.1) is 0 Å². The van der Waals surface area contributed by atoms with Gasteiger partial charge in [-0.3, -0.25) is 4.79 Å². The zero-order chi connectivity index (χ0) is 18.2. The van der Waals surface area contributed by atoms with E-state index in [0.717, 1.165) is 11.4 Å². The number of benzene rings is 1. The minimum atomic E-state index is -0.0995. The lowest BCUT2D eigenvalue weighted by atomic mass is 10.3. The van der Waals surface area contributed by atoms with E-state index in [-0.39, 0.29) is 5.91 Å². The van der Waals surface area contributed by atoms with Crippen LogP contribution in [0.1, 0.15) is 6.92 Å². The summed E-state index contributed by atoms with van der Waals surface area (Å²) in [5, 5.41) is 2.70. The molecule has 1 aromatic rings. The molecule has 0 bridgehead atoms. The van der Waals surface area contributed by atoms with Crippen molar-refractivity contribution in [3.63, 3.8) is 0 Å². The van der Waals surface area contributed by atoms with Crippen molar-refractivity contribution in [2.24, 2.45) is 0 Å². The Balaban J connectivity index is 1.90. The molecule has 0 aliphatic rings. The summed E-state index contributed by atoms with van der Waals surface area (Å²) < 4.78 is 26.5. The van der Waals surface area contributed by atoms with E-state index < -0.39 is 0 Å². The number of ether oxygens (including phenoxy) is 5. The highest BCUT2D eigenvalue weighted by molar-refractivity contribution is 5.88. The maximum atomic E-state index is 10.9. The van der Waals surface area contributed by atoms with E-state index in [1.165, 1.54) is 13.2 Å². The van der Waals surface area contributed by atoms with E-state index >= 15 is 0 Å². The second-order valence-corrected chi connectivity index (χ2v) is 4.93. The van der Waals surface area contributed by atoms with Crippen LogP contribution in [-0.4, -0.2) is 58.8 Å². The minimum Gasteiger partial charge on any atom is -0.499 e. The first-order valence-electron chi connectivity index (χ1n) is 8.18. The average molecular weight is 353 g/mol. The highest BCUT2D eigenvalue weighted by Crippen LogP contribution is 2.15. The molecule has 0 radical (unpaired) electrons. The molecular formula is C18H27NO6. The molecule has 0 aliphatic heterocycles. The smallest absolute Gasteiger partial charge is 0.221 e. The number of carbonyl (C=O) groups excluding carboxylic acids is 1. The van der Waals surface area contributed by atoms with Gasteiger partial charge in [-0.2, -0.15) is 0 Å². The number of hydrogen-bond donors (Lipinski definition) is 1. The Kier molecular flexibility index (Phi) is 12.0. The molecule has 0 unspecified atom stereocenters. The van der Waals surface area contributed by atoms with Gasteiger partial charge in [0, 0.05) is 12.6 Å². The summed E-state index contributed by atoms with van der Waals surface area (Å²) in [7, 11) is 0. The maximum absolute atomic E-state index is 10.9. The summed E-state index contributed by atoms with van der Waals surface area (Å²) in [4.78, 5) is 10.9. The molecule has 25 heavy (non-hydrogen) atoms. The summed E-state index contributed by atoms with van der Waals surface area (Å²) in [6, 6.07) is 7.18. The molecular weight excluding hydrogens is 326 g/mol. The third kappa shape index (κ3) is 12.0. The zero-order valence-corrected chi connectivity index (χ0v) is 14.7. The molecule has 1 rings (SSSR count). The molecule has 0 fully saturated rings. The van der Waals surface area contributed by atoms with E-state index in [1.807, 2.05) is 0 Å². The fourth-order valence-electron chi connectivity index (χ4n) is 1.79. The Morgan fingerprint density at radius 1 is 0.920 bits per heavy atom. The Morgan fingerprint density at radius 2 is 1.44 bits per heavy atom. The first-order valence-corrected chi connectivity index (χ1v) is 8.18. The van der Waals surface area contributed by atoms with Crippen LogP contribution in [0.25, 0.3) is 0 Å². The molecule has 0 saturated carbocycles. The highest BCUT2D eigenvalue weighted by atomic mass is 16.6. The molecule has 7 heteroatoms. The van der Waals surface area contributed by atoms with Gasteiger partial charge in [-0.05, 0) is 24.3 Å². The van der Waals surface area contributed by atoms with Crippen LogP contribution in [0.2, 0.25) is 0 Å². The van der Waals surface area contributed by atoms with Crippen molar-refractivity contribution in [1.82, 2.24) is 0 Å². The van der Waals surface area contributed by atoms with Gasteiger partial charge in [0.1, 0.15) is 19.0 Å². The quantitative estimate of drug-likeness (QED) is 0.385. The van der Waals surface area contributed by atoms with Crippen LogP contribution in [0.5, 0.6) is 5.75 Å². The number of nitrogens with one attached hydrogen (secondary N) is 1. The number of hydrogen-bond acceptors (Lipinski definition) is 6. The molecule has 7 nitrogen and oxygen atoms in total. The number of amides is 1. The van der Waals surface area contributed by atoms with Gasteiger partial charge in [0.25, 0.3) is 0 Å². The monoisotopic (exact) mass is 353 g/mol. The van der Waals surface area contributed by atoms with Gasteiger partial charge >= 0.3 is 0 Å². The van der Waals surface area contributed by atoms with Crippen LogP contribution < -0.4 is 10.1 Å². The lowest BCUT2D eigenvalue weighted by Gasteiger charge is -2.09. The fraction of sp³-hybridized carbons (Fsp3) is 0.500. The lowest BCUT2D eigenvalue weighted by molar-refractivity contribution is -0.114. The zero-order valence-electron chi connectivity index (χ0n) is 14.7. The molecule has 0 saturated heterocycles. The average Bonchev–Trinajstić information content (AvgIpc) is 2.60. The maximum Gasteiger partial charge on any atom is 0.221 e. The van der Waals surface area contributed by atoms with Crippen LogP contribution in [0.3, 0.4) is 0 Å². The first-order chi connectivity index (χ1) is 12.2.